The first-order valence-electron chi connectivity index (χ1n) is 5.95. The van der Waals surface area contributed by atoms with Gasteiger partial charge in [0.15, 0.2) is 5.78 Å². The first-order chi connectivity index (χ1) is 7.22. The number of hydrogen-bond donors (Lipinski definition) is 0. The molecule has 0 bridgehead atoms. The molecule has 0 radical (unpaired) electrons. The lowest BCUT2D eigenvalue weighted by Gasteiger charge is -1.98. The van der Waals surface area contributed by atoms with Gasteiger partial charge in [0, 0.05) is 19.3 Å². The fourth-order valence-corrected chi connectivity index (χ4v) is 1.88. The van der Waals surface area contributed by atoms with Gasteiger partial charge in [-0.25, -0.2) is 0 Å². The van der Waals surface area contributed by atoms with Gasteiger partial charge in [0.2, 0.25) is 0 Å². The topological polar surface area (TPSA) is 34.1 Å². The van der Waals surface area contributed by atoms with Gasteiger partial charge < -0.3 is 0 Å². The highest BCUT2D eigenvalue weighted by Gasteiger charge is 2.19. The first-order valence-corrected chi connectivity index (χ1v) is 5.95. The fourth-order valence-electron chi connectivity index (χ4n) is 1.88. The minimum absolute atomic E-state index is 0.211. The molecule has 1 fully saturated rings. The summed E-state index contributed by atoms with van der Waals surface area (Å²) in [5.74, 6) is 0.874. The molecule has 84 valence electrons. The molecular weight excluding hydrogens is 188 g/mol. The summed E-state index contributed by atoms with van der Waals surface area (Å²) >= 11 is 0. The normalized spacial score (nSPS) is 21.4. The van der Waals surface area contributed by atoms with Crippen LogP contribution in [0.4, 0.5) is 0 Å². The number of allylic oxidation sites excluding steroid dienone is 2. The smallest absolute Gasteiger partial charge is 0.155 e. The van der Waals surface area contributed by atoms with E-state index in [0.717, 1.165) is 25.7 Å². The maximum absolute atomic E-state index is 11.4. The van der Waals surface area contributed by atoms with Gasteiger partial charge >= 0.3 is 0 Å². The maximum atomic E-state index is 11.4. The van der Waals surface area contributed by atoms with E-state index in [1.165, 1.54) is 0 Å². The highest BCUT2D eigenvalue weighted by atomic mass is 16.1. The molecule has 2 nitrogen and oxygen atoms in total. The molecule has 0 amide bonds. The van der Waals surface area contributed by atoms with Crippen LogP contribution in [0.3, 0.4) is 0 Å². The van der Waals surface area contributed by atoms with Crippen molar-refractivity contribution in [2.45, 2.75) is 51.9 Å². The number of carbonyl (C=O) groups is 2. The molecule has 0 unspecified atom stereocenters. The third-order valence-corrected chi connectivity index (χ3v) is 2.86. The number of hydrogen-bond acceptors (Lipinski definition) is 2. The van der Waals surface area contributed by atoms with Crippen molar-refractivity contribution in [3.63, 3.8) is 0 Å². The van der Waals surface area contributed by atoms with Crippen LogP contribution in [0.1, 0.15) is 51.9 Å². The van der Waals surface area contributed by atoms with E-state index in [1.54, 1.807) is 6.08 Å². The lowest BCUT2D eigenvalue weighted by Crippen LogP contribution is -1.95. The van der Waals surface area contributed by atoms with E-state index in [4.69, 9.17) is 0 Å². The number of carbonyl (C=O) groups excluding carboxylic acids is 2. The largest absolute Gasteiger partial charge is 0.300 e. The molecule has 1 aliphatic carbocycles. The Morgan fingerprint density at radius 2 is 2.27 bits per heavy atom. The van der Waals surface area contributed by atoms with Crippen LogP contribution in [0, 0.1) is 5.92 Å². The summed E-state index contributed by atoms with van der Waals surface area (Å²) in [7, 11) is 0. The van der Waals surface area contributed by atoms with E-state index in [0.29, 0.717) is 31.0 Å². The van der Waals surface area contributed by atoms with Crippen LogP contribution in [0.2, 0.25) is 0 Å². The fraction of sp³-hybridized carbons (Fsp3) is 0.692. The van der Waals surface area contributed by atoms with Crippen molar-refractivity contribution in [3.05, 3.63) is 12.2 Å². The standard InChI is InChI=1S/C13H20O2/c1-2-3-4-5-12(14)8-6-11-7-9-13(15)10-11/h6,8,11H,2-5,7,9-10H2,1H3/b8-6+/t11-/m0/s1. The Morgan fingerprint density at radius 3 is 2.87 bits per heavy atom. The van der Waals surface area contributed by atoms with E-state index in [-0.39, 0.29) is 5.78 Å². The van der Waals surface area contributed by atoms with E-state index in [2.05, 4.69) is 6.92 Å². The van der Waals surface area contributed by atoms with E-state index >= 15 is 0 Å². The average Bonchev–Trinajstić information content (AvgIpc) is 2.62. The molecule has 2 heteroatoms. The van der Waals surface area contributed by atoms with Crippen molar-refractivity contribution in [2.24, 2.45) is 5.92 Å². The van der Waals surface area contributed by atoms with Gasteiger partial charge in [-0.15, -0.1) is 0 Å². The number of rotatable bonds is 6. The highest BCUT2D eigenvalue weighted by Crippen LogP contribution is 2.22. The summed E-state index contributed by atoms with van der Waals surface area (Å²) in [6.45, 7) is 2.13. The molecule has 0 saturated heterocycles. The van der Waals surface area contributed by atoms with Crippen LogP contribution in [-0.2, 0) is 9.59 Å². The predicted octanol–water partition coefficient (Wildman–Crippen LogP) is 3.06. The van der Waals surface area contributed by atoms with Gasteiger partial charge in [-0.2, -0.15) is 0 Å². The highest BCUT2D eigenvalue weighted by molar-refractivity contribution is 5.89. The molecule has 0 aliphatic heterocycles. The molecule has 0 N–H and O–H groups in total. The molecule has 1 atom stereocenters. The van der Waals surface area contributed by atoms with Gasteiger partial charge in [0.1, 0.15) is 5.78 Å². The second-order valence-corrected chi connectivity index (χ2v) is 4.32. The van der Waals surface area contributed by atoms with Gasteiger partial charge in [0.25, 0.3) is 0 Å². The molecule has 0 heterocycles. The van der Waals surface area contributed by atoms with Crippen molar-refractivity contribution in [2.75, 3.05) is 0 Å². The van der Waals surface area contributed by atoms with Crippen LogP contribution < -0.4 is 0 Å². The van der Waals surface area contributed by atoms with Crippen LogP contribution in [0.5, 0.6) is 0 Å². The second kappa shape index (κ2) is 6.54. The summed E-state index contributed by atoms with van der Waals surface area (Å²) < 4.78 is 0. The summed E-state index contributed by atoms with van der Waals surface area (Å²) in [5, 5.41) is 0. The van der Waals surface area contributed by atoms with Crippen molar-refractivity contribution >= 4 is 11.6 Å². The Hall–Kier alpha value is -0.920. The zero-order valence-corrected chi connectivity index (χ0v) is 9.50. The molecule has 0 spiro atoms. The monoisotopic (exact) mass is 208 g/mol. The van der Waals surface area contributed by atoms with Crippen LogP contribution in [0.15, 0.2) is 12.2 Å². The average molecular weight is 208 g/mol. The molecule has 0 aromatic carbocycles. The Kier molecular flexibility index (Phi) is 5.30. The molecular formula is C13H20O2. The summed E-state index contributed by atoms with van der Waals surface area (Å²) in [6, 6.07) is 0. The maximum Gasteiger partial charge on any atom is 0.155 e. The minimum atomic E-state index is 0.211. The third kappa shape index (κ3) is 4.91. The van der Waals surface area contributed by atoms with Gasteiger partial charge in [-0.3, -0.25) is 9.59 Å². The van der Waals surface area contributed by atoms with Gasteiger partial charge in [-0.05, 0) is 24.8 Å². The van der Waals surface area contributed by atoms with Crippen molar-refractivity contribution < 1.29 is 9.59 Å². The van der Waals surface area contributed by atoms with E-state index < -0.39 is 0 Å². The molecule has 1 rings (SSSR count). The van der Waals surface area contributed by atoms with Crippen LogP contribution in [0.25, 0.3) is 0 Å². The minimum Gasteiger partial charge on any atom is -0.300 e. The Bertz CT molecular complexity index is 253. The lowest BCUT2D eigenvalue weighted by molar-refractivity contribution is -0.117. The molecule has 15 heavy (non-hydrogen) atoms. The second-order valence-electron chi connectivity index (χ2n) is 4.32. The number of Topliss-reactive ketones (excluding diaryl/α,β-unsaturated/α-hetero) is 1. The Balaban J connectivity index is 2.19. The zero-order chi connectivity index (χ0) is 11.1. The van der Waals surface area contributed by atoms with Gasteiger partial charge in [-0.1, -0.05) is 25.8 Å². The molecule has 0 aromatic rings. The van der Waals surface area contributed by atoms with E-state index in [1.807, 2.05) is 6.08 Å². The van der Waals surface area contributed by atoms with Gasteiger partial charge in [0.05, 0.1) is 0 Å². The van der Waals surface area contributed by atoms with Crippen LogP contribution >= 0.6 is 0 Å². The molecule has 1 saturated carbocycles. The third-order valence-electron chi connectivity index (χ3n) is 2.86. The lowest BCUT2D eigenvalue weighted by atomic mass is 10.1. The Labute approximate surface area is 91.7 Å². The SMILES string of the molecule is CCCCCC(=O)/C=C/[C@H]1CCC(=O)C1. The zero-order valence-electron chi connectivity index (χ0n) is 9.50. The predicted molar refractivity (Wildman–Crippen MR) is 60.6 cm³/mol. The summed E-state index contributed by atoms with van der Waals surface area (Å²) in [4.78, 5) is 22.4. The summed E-state index contributed by atoms with van der Waals surface area (Å²) in [5.41, 5.74) is 0. The van der Waals surface area contributed by atoms with E-state index in [9.17, 15) is 9.59 Å². The quantitative estimate of drug-likeness (QED) is 0.496. The van der Waals surface area contributed by atoms with Crippen molar-refractivity contribution in [1.82, 2.24) is 0 Å². The summed E-state index contributed by atoms with van der Waals surface area (Å²) in [6.07, 6.45) is 9.79. The number of ketones is 2. The number of unbranched alkanes of at least 4 members (excludes halogenated alkanes) is 2. The molecule has 0 aromatic heterocycles. The van der Waals surface area contributed by atoms with Crippen LogP contribution in [-0.4, -0.2) is 11.6 Å². The first kappa shape index (κ1) is 12.2. The Morgan fingerprint density at radius 1 is 1.47 bits per heavy atom. The van der Waals surface area contributed by atoms with Crippen molar-refractivity contribution in [3.8, 4) is 0 Å². The van der Waals surface area contributed by atoms with Crippen molar-refractivity contribution in [1.29, 1.82) is 0 Å². The molecule has 1 aliphatic rings.